The minimum Gasteiger partial charge on any atom is -0.393 e. The van der Waals surface area contributed by atoms with Gasteiger partial charge in [-0.25, -0.2) is 0 Å². The zero-order valence-electron chi connectivity index (χ0n) is 25.3. The Kier molecular flexibility index (Phi) is 31.1. The molecular weight excluding hydrogens is 440 g/mol. The normalized spacial score (nSPS) is 13.3. The lowest BCUT2D eigenvalue weighted by atomic mass is 10.00. The fraction of sp³-hybridized carbons (Fsp3) is 1.00. The van der Waals surface area contributed by atoms with Gasteiger partial charge in [0.05, 0.1) is 12.2 Å². The van der Waals surface area contributed by atoms with Crippen molar-refractivity contribution in [1.29, 1.82) is 0 Å². The molecule has 218 valence electrons. The van der Waals surface area contributed by atoms with Gasteiger partial charge in [0.2, 0.25) is 0 Å². The summed E-state index contributed by atoms with van der Waals surface area (Å²) in [5.41, 5.74) is 0. The molecular formula is C34H70O2. The van der Waals surface area contributed by atoms with E-state index >= 15 is 0 Å². The molecule has 0 aliphatic carbocycles. The zero-order chi connectivity index (χ0) is 26.4. The molecule has 0 spiro atoms. The van der Waals surface area contributed by atoms with Gasteiger partial charge >= 0.3 is 0 Å². The summed E-state index contributed by atoms with van der Waals surface area (Å²) in [6.45, 7) is 4.48. The van der Waals surface area contributed by atoms with Gasteiger partial charge in [-0.05, 0) is 19.3 Å². The van der Waals surface area contributed by atoms with Gasteiger partial charge in [-0.15, -0.1) is 0 Å². The van der Waals surface area contributed by atoms with Crippen LogP contribution in [0.3, 0.4) is 0 Å². The highest BCUT2D eigenvalue weighted by Gasteiger charge is 2.11. The van der Waals surface area contributed by atoms with Crippen molar-refractivity contribution < 1.29 is 10.2 Å². The summed E-state index contributed by atoms with van der Waals surface area (Å²) in [6, 6.07) is 0. The van der Waals surface area contributed by atoms with Crippen LogP contribution in [-0.4, -0.2) is 22.4 Å². The van der Waals surface area contributed by atoms with Gasteiger partial charge < -0.3 is 10.2 Å². The summed E-state index contributed by atoms with van der Waals surface area (Å²) in [6.07, 6.45) is 39.1. The third-order valence-electron chi connectivity index (χ3n) is 8.08. The third-order valence-corrected chi connectivity index (χ3v) is 8.08. The van der Waals surface area contributed by atoms with Crippen molar-refractivity contribution in [1.82, 2.24) is 0 Å². The minimum absolute atomic E-state index is 0.304. The predicted octanol–water partition coefficient (Wildman–Crippen LogP) is 11.5. The molecule has 2 atom stereocenters. The Bertz CT molecular complexity index is 383. The fourth-order valence-corrected chi connectivity index (χ4v) is 5.52. The van der Waals surface area contributed by atoms with Crippen molar-refractivity contribution in [3.05, 3.63) is 0 Å². The van der Waals surface area contributed by atoms with E-state index in [9.17, 15) is 10.2 Å². The quantitative estimate of drug-likeness (QED) is 0.0910. The van der Waals surface area contributed by atoms with Crippen molar-refractivity contribution in [3.63, 3.8) is 0 Å². The second-order valence-corrected chi connectivity index (χ2v) is 12.0. The molecule has 0 saturated carbocycles. The molecule has 0 aromatic carbocycles. The van der Waals surface area contributed by atoms with Gasteiger partial charge in [0.1, 0.15) is 0 Å². The van der Waals surface area contributed by atoms with Gasteiger partial charge in [0.25, 0.3) is 0 Å². The van der Waals surface area contributed by atoms with Gasteiger partial charge in [-0.3, -0.25) is 0 Å². The molecule has 2 nitrogen and oxygen atoms in total. The molecule has 36 heavy (non-hydrogen) atoms. The molecule has 2 heteroatoms. The number of hydrogen-bond donors (Lipinski definition) is 2. The van der Waals surface area contributed by atoms with Crippen molar-refractivity contribution in [2.45, 2.75) is 219 Å². The lowest BCUT2D eigenvalue weighted by Crippen LogP contribution is -2.17. The van der Waals surface area contributed by atoms with Crippen LogP contribution < -0.4 is 0 Å². The van der Waals surface area contributed by atoms with Crippen LogP contribution in [0.5, 0.6) is 0 Å². The molecule has 0 fully saturated rings. The summed E-state index contributed by atoms with van der Waals surface area (Å²) >= 11 is 0. The molecule has 0 aliphatic heterocycles. The van der Waals surface area contributed by atoms with E-state index in [0.717, 1.165) is 25.7 Å². The average molecular weight is 511 g/mol. The summed E-state index contributed by atoms with van der Waals surface area (Å²) in [5, 5.41) is 20.1. The van der Waals surface area contributed by atoms with Crippen LogP contribution in [-0.2, 0) is 0 Å². The van der Waals surface area contributed by atoms with Crippen LogP contribution >= 0.6 is 0 Å². The predicted molar refractivity (Wildman–Crippen MR) is 162 cm³/mol. The van der Waals surface area contributed by atoms with Crippen molar-refractivity contribution in [3.8, 4) is 0 Å². The number of aliphatic hydroxyl groups is 2. The van der Waals surface area contributed by atoms with E-state index in [1.54, 1.807) is 0 Å². The standard InChI is InChI=1S/C34H70O2/c1-3-5-7-8-9-10-11-12-13-14-15-16-17-18-19-20-21-22-23-24-25-26-27-29-31-34(36)32-33(35)30-28-6-4-2/h33-36H,3-32H2,1-2H3. The highest BCUT2D eigenvalue weighted by molar-refractivity contribution is 4.64. The third kappa shape index (κ3) is 30.1. The molecule has 0 aromatic rings. The molecule has 0 amide bonds. The number of rotatable bonds is 31. The van der Waals surface area contributed by atoms with E-state index in [1.165, 1.54) is 161 Å². The molecule has 2 N–H and O–H groups in total. The maximum Gasteiger partial charge on any atom is 0.0564 e. The Morgan fingerprint density at radius 1 is 0.306 bits per heavy atom. The summed E-state index contributed by atoms with van der Waals surface area (Å²) in [4.78, 5) is 0. The van der Waals surface area contributed by atoms with Crippen LogP contribution in [0.4, 0.5) is 0 Å². The van der Waals surface area contributed by atoms with E-state index in [0.29, 0.717) is 6.42 Å². The van der Waals surface area contributed by atoms with E-state index in [4.69, 9.17) is 0 Å². The Morgan fingerprint density at radius 2 is 0.500 bits per heavy atom. The lowest BCUT2D eigenvalue weighted by molar-refractivity contribution is 0.0681. The van der Waals surface area contributed by atoms with E-state index in [2.05, 4.69) is 13.8 Å². The molecule has 2 unspecified atom stereocenters. The Morgan fingerprint density at radius 3 is 0.778 bits per heavy atom. The molecule has 0 radical (unpaired) electrons. The van der Waals surface area contributed by atoms with Crippen molar-refractivity contribution in [2.24, 2.45) is 0 Å². The first-order valence-electron chi connectivity index (χ1n) is 17.1. The first kappa shape index (κ1) is 35.9. The zero-order valence-corrected chi connectivity index (χ0v) is 25.3. The van der Waals surface area contributed by atoms with Crippen LogP contribution in [0.15, 0.2) is 0 Å². The fourth-order valence-electron chi connectivity index (χ4n) is 5.52. The molecule has 0 rings (SSSR count). The summed E-state index contributed by atoms with van der Waals surface area (Å²) in [7, 11) is 0. The first-order valence-corrected chi connectivity index (χ1v) is 17.1. The Hall–Kier alpha value is -0.0800. The first-order chi connectivity index (χ1) is 17.7. The maximum absolute atomic E-state index is 10.1. The highest BCUT2D eigenvalue weighted by atomic mass is 16.3. The van der Waals surface area contributed by atoms with Crippen LogP contribution in [0.25, 0.3) is 0 Å². The average Bonchev–Trinajstić information content (AvgIpc) is 2.86. The summed E-state index contributed by atoms with van der Waals surface area (Å²) in [5.74, 6) is 0. The van der Waals surface area contributed by atoms with Crippen molar-refractivity contribution in [2.75, 3.05) is 0 Å². The van der Waals surface area contributed by atoms with E-state index in [-0.39, 0.29) is 12.2 Å². The summed E-state index contributed by atoms with van der Waals surface area (Å²) < 4.78 is 0. The lowest BCUT2D eigenvalue weighted by Gasteiger charge is -2.15. The molecule has 0 heterocycles. The Balaban J connectivity index is 3.14. The maximum atomic E-state index is 10.1. The van der Waals surface area contributed by atoms with Crippen LogP contribution in [0.2, 0.25) is 0 Å². The van der Waals surface area contributed by atoms with Gasteiger partial charge in [0.15, 0.2) is 0 Å². The van der Waals surface area contributed by atoms with Gasteiger partial charge in [-0.2, -0.15) is 0 Å². The number of aliphatic hydroxyl groups excluding tert-OH is 2. The van der Waals surface area contributed by atoms with Crippen LogP contribution in [0, 0.1) is 0 Å². The number of unbranched alkanes of at least 4 members (excludes halogenated alkanes) is 25. The SMILES string of the molecule is CCCCCCCCCCCCCCCCCCCCCCCCCCC(O)CC(O)CCCCC. The smallest absolute Gasteiger partial charge is 0.0564 e. The topological polar surface area (TPSA) is 40.5 Å². The Labute approximate surface area is 228 Å². The van der Waals surface area contributed by atoms with E-state index < -0.39 is 0 Å². The molecule has 0 aromatic heterocycles. The minimum atomic E-state index is -0.305. The van der Waals surface area contributed by atoms with Gasteiger partial charge in [-0.1, -0.05) is 187 Å². The van der Waals surface area contributed by atoms with Gasteiger partial charge in [0, 0.05) is 0 Å². The monoisotopic (exact) mass is 511 g/mol. The second kappa shape index (κ2) is 31.1. The van der Waals surface area contributed by atoms with Crippen molar-refractivity contribution >= 4 is 0 Å². The largest absolute Gasteiger partial charge is 0.393 e. The molecule has 0 aliphatic rings. The van der Waals surface area contributed by atoms with Crippen LogP contribution in [0.1, 0.15) is 206 Å². The van der Waals surface area contributed by atoms with E-state index in [1.807, 2.05) is 0 Å². The second-order valence-electron chi connectivity index (χ2n) is 12.0. The highest BCUT2D eigenvalue weighted by Crippen LogP contribution is 2.17. The molecule has 0 bridgehead atoms. The molecule has 0 saturated heterocycles. The number of hydrogen-bond acceptors (Lipinski definition) is 2.